The van der Waals surface area contributed by atoms with Gasteiger partial charge in [0.2, 0.25) is 0 Å². The first-order chi connectivity index (χ1) is 9.60. The zero-order valence-corrected chi connectivity index (χ0v) is 12.7. The molecule has 0 aliphatic rings. The third kappa shape index (κ3) is 2.04. The van der Waals surface area contributed by atoms with Crippen LogP contribution in [-0.2, 0) is 7.05 Å². The number of aryl methyl sites for hydroxylation is 2. The molecule has 0 N–H and O–H groups in total. The van der Waals surface area contributed by atoms with E-state index in [1.54, 1.807) is 6.20 Å². The minimum Gasteiger partial charge on any atom is -0.335 e. The highest BCUT2D eigenvalue weighted by Crippen LogP contribution is 2.25. The maximum atomic E-state index is 11.1. The normalized spacial score (nSPS) is 10.9. The van der Waals surface area contributed by atoms with Crippen molar-refractivity contribution in [2.45, 2.75) is 6.92 Å². The number of aromatic nitrogens is 3. The van der Waals surface area contributed by atoms with E-state index in [1.165, 1.54) is 0 Å². The van der Waals surface area contributed by atoms with Crippen LogP contribution in [0.1, 0.15) is 16.1 Å². The summed E-state index contributed by atoms with van der Waals surface area (Å²) in [6.07, 6.45) is 2.63. The lowest BCUT2D eigenvalue weighted by Crippen LogP contribution is -1.96. The number of aldehydes is 1. The summed E-state index contributed by atoms with van der Waals surface area (Å²) in [5, 5.41) is 0.823. The molecule has 0 saturated heterocycles. The van der Waals surface area contributed by atoms with Crippen LogP contribution in [-0.4, -0.2) is 20.8 Å². The predicted molar refractivity (Wildman–Crippen MR) is 81.8 cm³/mol. The number of benzene rings is 1. The molecule has 20 heavy (non-hydrogen) atoms. The molecule has 1 aromatic carbocycles. The number of hydrogen-bond acceptors (Lipinski definition) is 3. The van der Waals surface area contributed by atoms with Gasteiger partial charge in [-0.15, -0.1) is 0 Å². The second-order valence-corrected chi connectivity index (χ2v) is 5.57. The highest BCUT2D eigenvalue weighted by atomic mass is 79.9. The van der Waals surface area contributed by atoms with Crippen LogP contribution < -0.4 is 0 Å². The molecular weight excluding hydrogens is 318 g/mol. The molecule has 0 radical (unpaired) electrons. The first kappa shape index (κ1) is 13.0. The highest BCUT2D eigenvalue weighted by molar-refractivity contribution is 9.10. The minimum absolute atomic E-state index is 0.627. The van der Waals surface area contributed by atoms with Crippen molar-refractivity contribution >= 4 is 33.2 Å². The Hall–Kier alpha value is -2.01. The van der Waals surface area contributed by atoms with Gasteiger partial charge in [-0.25, -0.2) is 9.97 Å². The zero-order valence-electron chi connectivity index (χ0n) is 11.1. The molecule has 0 atom stereocenters. The smallest absolute Gasteiger partial charge is 0.161 e. The second kappa shape index (κ2) is 4.83. The van der Waals surface area contributed by atoms with Crippen LogP contribution in [0.25, 0.3) is 22.4 Å². The summed E-state index contributed by atoms with van der Waals surface area (Å²) in [4.78, 5) is 20.2. The minimum atomic E-state index is 0.627. The second-order valence-electron chi connectivity index (χ2n) is 4.65. The van der Waals surface area contributed by atoms with Crippen LogP contribution in [0, 0.1) is 6.92 Å². The lowest BCUT2D eigenvalue weighted by molar-refractivity contribution is 0.112. The Balaban J connectivity index is 2.26. The Morgan fingerprint density at radius 2 is 1.90 bits per heavy atom. The summed E-state index contributed by atoms with van der Waals surface area (Å²) in [6, 6.07) is 7.85. The fourth-order valence-corrected chi connectivity index (χ4v) is 2.57. The molecule has 0 spiro atoms. The molecule has 3 aromatic rings. The number of halogens is 1. The number of hydrogen-bond donors (Lipinski definition) is 0. The van der Waals surface area contributed by atoms with E-state index >= 15 is 0 Å². The lowest BCUT2D eigenvalue weighted by atomic mass is 10.2. The topological polar surface area (TPSA) is 47.8 Å². The largest absolute Gasteiger partial charge is 0.335 e. The van der Waals surface area contributed by atoms with E-state index in [0.29, 0.717) is 11.4 Å². The standard InChI is InChI=1S/C15H12BrN3O/c1-9-13-11(8-20)7-19(2)15(13)18-14(17-9)10-3-5-12(16)6-4-10/h3-8H,1-2H3. The van der Waals surface area contributed by atoms with E-state index in [2.05, 4.69) is 25.9 Å². The summed E-state index contributed by atoms with van der Waals surface area (Å²) in [5.41, 5.74) is 3.17. The Labute approximate surface area is 124 Å². The van der Waals surface area contributed by atoms with Gasteiger partial charge in [-0.05, 0) is 19.1 Å². The van der Waals surface area contributed by atoms with Gasteiger partial charge in [0, 0.05) is 28.8 Å². The molecular formula is C15H12BrN3O. The van der Waals surface area contributed by atoms with Crippen LogP contribution >= 0.6 is 15.9 Å². The molecule has 0 aliphatic carbocycles. The third-order valence-corrected chi connectivity index (χ3v) is 3.78. The SMILES string of the molecule is Cc1nc(-c2ccc(Br)cc2)nc2c1c(C=O)cn2C. The average Bonchev–Trinajstić information content (AvgIpc) is 2.77. The molecule has 2 aromatic heterocycles. The van der Waals surface area contributed by atoms with E-state index in [9.17, 15) is 4.79 Å². The number of carbonyl (C=O) groups is 1. The first-order valence-corrected chi connectivity index (χ1v) is 6.94. The molecule has 0 aliphatic heterocycles. The van der Waals surface area contributed by atoms with E-state index in [0.717, 1.165) is 33.0 Å². The summed E-state index contributed by atoms with van der Waals surface area (Å²) < 4.78 is 2.87. The Morgan fingerprint density at radius 3 is 2.55 bits per heavy atom. The summed E-state index contributed by atoms with van der Waals surface area (Å²) in [6.45, 7) is 1.90. The molecule has 2 heterocycles. The Bertz CT molecular complexity index is 806. The van der Waals surface area contributed by atoms with Crippen molar-refractivity contribution < 1.29 is 4.79 Å². The predicted octanol–water partition coefficient (Wildman–Crippen LogP) is 3.52. The first-order valence-electron chi connectivity index (χ1n) is 6.15. The summed E-state index contributed by atoms with van der Waals surface area (Å²) in [7, 11) is 1.88. The quantitative estimate of drug-likeness (QED) is 0.676. The molecule has 0 fully saturated rings. The van der Waals surface area contributed by atoms with Gasteiger partial charge >= 0.3 is 0 Å². The number of carbonyl (C=O) groups excluding carboxylic acids is 1. The van der Waals surface area contributed by atoms with E-state index in [-0.39, 0.29) is 0 Å². The lowest BCUT2D eigenvalue weighted by Gasteiger charge is -2.05. The van der Waals surface area contributed by atoms with Crippen molar-refractivity contribution in [1.82, 2.24) is 14.5 Å². The molecule has 0 unspecified atom stereocenters. The van der Waals surface area contributed by atoms with Gasteiger partial charge in [0.05, 0.1) is 11.1 Å². The summed E-state index contributed by atoms with van der Waals surface area (Å²) >= 11 is 3.41. The van der Waals surface area contributed by atoms with E-state index in [1.807, 2.05) is 42.8 Å². The van der Waals surface area contributed by atoms with Crippen molar-refractivity contribution in [3.8, 4) is 11.4 Å². The number of nitrogens with zero attached hydrogens (tertiary/aromatic N) is 3. The molecule has 3 rings (SSSR count). The van der Waals surface area contributed by atoms with Crippen LogP contribution in [0.3, 0.4) is 0 Å². The van der Waals surface area contributed by atoms with Crippen LogP contribution in [0.2, 0.25) is 0 Å². The monoisotopic (exact) mass is 329 g/mol. The fraction of sp³-hybridized carbons (Fsp3) is 0.133. The maximum Gasteiger partial charge on any atom is 0.161 e. The molecule has 0 bridgehead atoms. The fourth-order valence-electron chi connectivity index (χ4n) is 2.30. The van der Waals surface area contributed by atoms with E-state index in [4.69, 9.17) is 0 Å². The third-order valence-electron chi connectivity index (χ3n) is 3.26. The molecule has 100 valence electrons. The molecule has 0 saturated carbocycles. The molecule has 5 heteroatoms. The van der Waals surface area contributed by atoms with Gasteiger partial charge in [-0.3, -0.25) is 4.79 Å². The van der Waals surface area contributed by atoms with Gasteiger partial charge in [0.1, 0.15) is 5.65 Å². The van der Waals surface area contributed by atoms with Crippen molar-refractivity contribution in [2.75, 3.05) is 0 Å². The Kier molecular flexibility index (Phi) is 3.14. The number of fused-ring (bicyclic) bond motifs is 1. The van der Waals surface area contributed by atoms with Gasteiger partial charge in [-0.2, -0.15) is 0 Å². The van der Waals surface area contributed by atoms with Crippen molar-refractivity contribution in [1.29, 1.82) is 0 Å². The van der Waals surface area contributed by atoms with Crippen LogP contribution in [0.15, 0.2) is 34.9 Å². The Morgan fingerprint density at radius 1 is 1.20 bits per heavy atom. The van der Waals surface area contributed by atoms with Gasteiger partial charge in [0.25, 0.3) is 0 Å². The van der Waals surface area contributed by atoms with Crippen LogP contribution in [0.5, 0.6) is 0 Å². The summed E-state index contributed by atoms with van der Waals surface area (Å²) in [5.74, 6) is 0.668. The average molecular weight is 330 g/mol. The van der Waals surface area contributed by atoms with Gasteiger partial charge in [0.15, 0.2) is 12.1 Å². The zero-order chi connectivity index (χ0) is 14.3. The highest BCUT2D eigenvalue weighted by Gasteiger charge is 2.13. The maximum absolute atomic E-state index is 11.1. The number of rotatable bonds is 2. The van der Waals surface area contributed by atoms with Gasteiger partial charge < -0.3 is 4.57 Å². The van der Waals surface area contributed by atoms with E-state index < -0.39 is 0 Å². The van der Waals surface area contributed by atoms with Crippen LogP contribution in [0.4, 0.5) is 0 Å². The van der Waals surface area contributed by atoms with Crippen molar-refractivity contribution in [3.63, 3.8) is 0 Å². The molecule has 0 amide bonds. The van der Waals surface area contributed by atoms with Gasteiger partial charge in [-0.1, -0.05) is 28.1 Å². The van der Waals surface area contributed by atoms with Crippen molar-refractivity contribution in [2.24, 2.45) is 7.05 Å². The van der Waals surface area contributed by atoms with Crippen molar-refractivity contribution in [3.05, 3.63) is 46.2 Å². The molecule has 4 nitrogen and oxygen atoms in total.